The van der Waals surface area contributed by atoms with E-state index in [1.807, 2.05) is 0 Å². The smallest absolute Gasteiger partial charge is 0.434 e. The van der Waals surface area contributed by atoms with Crippen molar-refractivity contribution in [1.29, 1.82) is 0 Å². The van der Waals surface area contributed by atoms with E-state index in [0.29, 0.717) is 0 Å². The molecule has 12 rings (SSSR count). The molecule has 0 spiro atoms. The van der Waals surface area contributed by atoms with Gasteiger partial charge in [-0.1, -0.05) is 182 Å². The molecule has 1 aromatic heterocycles. The van der Waals surface area contributed by atoms with Gasteiger partial charge >= 0.3 is 6.92 Å². The fourth-order valence-corrected chi connectivity index (χ4v) is 14.7. The fraction of sp³-hybridized carbons (Fsp3) is 0. The van der Waals surface area contributed by atoms with Crippen LogP contribution < -0.4 is 41.1 Å². The average molecular weight is 770 g/mol. The molecule has 3 nitrogen and oxygen atoms in total. The molecule has 276 valence electrons. The molecular formula is C54H36BNO2Si. The number of benzene rings is 9. The summed E-state index contributed by atoms with van der Waals surface area (Å²) < 4.78 is 16.5. The van der Waals surface area contributed by atoms with Gasteiger partial charge in [0.2, 0.25) is 0 Å². The number of hydrogen-bond donors (Lipinski definition) is 0. The maximum absolute atomic E-state index is 7.27. The van der Waals surface area contributed by atoms with Crippen LogP contribution in [0, 0.1) is 0 Å². The molecule has 0 bridgehead atoms. The molecule has 0 aliphatic carbocycles. The van der Waals surface area contributed by atoms with Crippen LogP contribution in [-0.4, -0.2) is 19.6 Å². The second-order valence-corrected chi connectivity index (χ2v) is 19.3. The predicted octanol–water partition coefficient (Wildman–Crippen LogP) is 9.10. The molecule has 0 saturated carbocycles. The molecule has 59 heavy (non-hydrogen) atoms. The number of aromatic nitrogens is 1. The van der Waals surface area contributed by atoms with Crippen LogP contribution in [0.4, 0.5) is 0 Å². The van der Waals surface area contributed by atoms with Gasteiger partial charge in [0.25, 0.3) is 0 Å². The Balaban J connectivity index is 1.01. The quantitative estimate of drug-likeness (QED) is 0.125. The molecule has 0 fully saturated rings. The first-order chi connectivity index (χ1) is 29.3. The molecule has 10 aromatic rings. The van der Waals surface area contributed by atoms with Crippen molar-refractivity contribution >= 4 is 68.5 Å². The third-order valence-electron chi connectivity index (χ3n) is 12.5. The third-order valence-corrected chi connectivity index (χ3v) is 17.2. The molecule has 2 aliphatic heterocycles. The topological polar surface area (TPSA) is 23.4 Å². The second-order valence-electron chi connectivity index (χ2n) is 15.5. The lowest BCUT2D eigenvalue weighted by molar-refractivity contribution is 0.479. The van der Waals surface area contributed by atoms with Crippen molar-refractivity contribution in [2.75, 3.05) is 0 Å². The summed E-state index contributed by atoms with van der Waals surface area (Å²) in [7, 11) is -2.77. The van der Waals surface area contributed by atoms with E-state index in [1.165, 1.54) is 42.6 Å². The molecular weight excluding hydrogens is 733 g/mol. The molecule has 0 unspecified atom stereocenters. The highest BCUT2D eigenvalue weighted by Crippen LogP contribution is 2.41. The van der Waals surface area contributed by atoms with E-state index in [0.717, 1.165) is 56.1 Å². The Morgan fingerprint density at radius 3 is 1.63 bits per heavy atom. The summed E-state index contributed by atoms with van der Waals surface area (Å²) in [6.07, 6.45) is 0. The zero-order valence-electron chi connectivity index (χ0n) is 32.1. The van der Waals surface area contributed by atoms with Gasteiger partial charge in [-0.2, -0.15) is 0 Å². The number of nitrogens with zero attached hydrogens (tertiary/aromatic N) is 1. The number of fused-ring (bicyclic) bond motifs is 7. The van der Waals surface area contributed by atoms with E-state index in [-0.39, 0.29) is 6.92 Å². The Morgan fingerprint density at radius 2 is 0.966 bits per heavy atom. The summed E-state index contributed by atoms with van der Waals surface area (Å²) in [5.41, 5.74) is 10.1. The summed E-state index contributed by atoms with van der Waals surface area (Å²) >= 11 is 0. The van der Waals surface area contributed by atoms with Crippen LogP contribution in [0.5, 0.6) is 17.2 Å². The molecule has 2 aliphatic rings. The van der Waals surface area contributed by atoms with Crippen LogP contribution >= 0.6 is 0 Å². The lowest BCUT2D eigenvalue weighted by Crippen LogP contribution is -2.74. The molecule has 5 heteroatoms. The Labute approximate surface area is 344 Å². The van der Waals surface area contributed by atoms with Crippen molar-refractivity contribution in [2.45, 2.75) is 0 Å². The monoisotopic (exact) mass is 769 g/mol. The minimum atomic E-state index is -2.77. The van der Waals surface area contributed by atoms with Crippen LogP contribution in [0.3, 0.4) is 0 Å². The predicted molar refractivity (Wildman–Crippen MR) is 247 cm³/mol. The summed E-state index contributed by atoms with van der Waals surface area (Å²) in [6.45, 7) is -0.324. The largest absolute Gasteiger partial charge is 0.551 e. The number of ether oxygens (including phenoxy) is 1. The maximum Gasteiger partial charge on any atom is 0.434 e. The van der Waals surface area contributed by atoms with Crippen molar-refractivity contribution in [3.05, 3.63) is 218 Å². The number of hydrogen-bond acceptors (Lipinski definition) is 2. The average Bonchev–Trinajstić information content (AvgIpc) is 3.64. The molecule has 0 radical (unpaired) electrons. The van der Waals surface area contributed by atoms with E-state index in [2.05, 4.69) is 223 Å². The Kier molecular flexibility index (Phi) is 7.65. The summed E-state index contributed by atoms with van der Waals surface area (Å²) in [6, 6.07) is 79.2. The van der Waals surface area contributed by atoms with Crippen LogP contribution in [0.1, 0.15) is 0 Å². The summed E-state index contributed by atoms with van der Waals surface area (Å²) in [4.78, 5) is 0. The lowest BCUT2D eigenvalue weighted by atomic mass is 9.51. The number of para-hydroxylation sites is 3. The second kappa shape index (κ2) is 13.4. The van der Waals surface area contributed by atoms with Crippen LogP contribution in [0.2, 0.25) is 0 Å². The van der Waals surface area contributed by atoms with Crippen LogP contribution in [-0.2, 0) is 0 Å². The molecule has 0 N–H and O–H groups in total. The first-order valence-electron chi connectivity index (χ1n) is 20.3. The standard InChI is InChI=1S/C54H36BNO2Si/c1-4-17-38(18-5-1)59(39-19-6-2-7-20-39,40-21-8-3-9-22-40)41-32-33-45-46-26-16-30-51-54(46)55(58-52(45)36-41)47-34-31-37(35-53(47)57-51)42-23-10-13-27-48(42)56-49-28-14-11-24-43(49)44-25-12-15-29-50(44)56/h1-36H. The van der Waals surface area contributed by atoms with E-state index in [9.17, 15) is 0 Å². The van der Waals surface area contributed by atoms with Gasteiger partial charge in [-0.05, 0) is 68.3 Å². The molecule has 0 amide bonds. The number of rotatable bonds is 6. The highest BCUT2D eigenvalue weighted by atomic mass is 28.3. The van der Waals surface area contributed by atoms with Gasteiger partial charge < -0.3 is 14.0 Å². The highest BCUT2D eigenvalue weighted by molar-refractivity contribution is 7.20. The van der Waals surface area contributed by atoms with Crippen LogP contribution in [0.15, 0.2) is 218 Å². The van der Waals surface area contributed by atoms with Crippen LogP contribution in [0.25, 0.3) is 49.7 Å². The normalized spacial score (nSPS) is 12.6. The van der Waals surface area contributed by atoms with E-state index in [1.54, 1.807) is 0 Å². The first-order valence-corrected chi connectivity index (χ1v) is 22.3. The van der Waals surface area contributed by atoms with Crippen molar-refractivity contribution in [2.24, 2.45) is 0 Å². The Hall–Kier alpha value is -7.34. The van der Waals surface area contributed by atoms with Crippen molar-refractivity contribution < 1.29 is 9.39 Å². The Morgan fingerprint density at radius 1 is 0.390 bits per heavy atom. The van der Waals surface area contributed by atoms with Crippen molar-refractivity contribution in [1.82, 2.24) is 4.57 Å². The van der Waals surface area contributed by atoms with Gasteiger partial charge in [0, 0.05) is 32.8 Å². The van der Waals surface area contributed by atoms with E-state index in [4.69, 9.17) is 9.39 Å². The zero-order valence-corrected chi connectivity index (χ0v) is 33.1. The lowest BCUT2D eigenvalue weighted by Gasteiger charge is -2.37. The van der Waals surface area contributed by atoms with Gasteiger partial charge in [-0.15, -0.1) is 0 Å². The zero-order chi connectivity index (χ0) is 38.9. The molecule has 9 aromatic carbocycles. The van der Waals surface area contributed by atoms with E-state index >= 15 is 0 Å². The van der Waals surface area contributed by atoms with Gasteiger partial charge in [0.15, 0.2) is 8.07 Å². The Bertz CT molecular complexity index is 3090. The van der Waals surface area contributed by atoms with Crippen molar-refractivity contribution in [3.63, 3.8) is 0 Å². The van der Waals surface area contributed by atoms with E-state index < -0.39 is 8.07 Å². The molecule has 0 atom stereocenters. The van der Waals surface area contributed by atoms with Crippen molar-refractivity contribution in [3.8, 4) is 45.2 Å². The maximum atomic E-state index is 7.27. The molecule has 0 saturated heterocycles. The highest BCUT2D eigenvalue weighted by Gasteiger charge is 2.44. The van der Waals surface area contributed by atoms with Gasteiger partial charge in [-0.25, -0.2) is 0 Å². The molecule has 3 heterocycles. The van der Waals surface area contributed by atoms with Gasteiger partial charge in [0.05, 0.1) is 16.7 Å². The fourth-order valence-electron chi connectivity index (χ4n) is 9.90. The SMILES string of the molecule is c1ccc([Si](c2ccccc2)(c2ccccc2)c2ccc3c(c2)OB2c4ccc(-c5ccccc5-n5c6ccccc6c6ccccc65)cc4Oc4cccc-3c42)cc1. The van der Waals surface area contributed by atoms with Gasteiger partial charge in [0.1, 0.15) is 17.2 Å². The third kappa shape index (κ3) is 5.08. The first kappa shape index (κ1) is 33.8. The summed E-state index contributed by atoms with van der Waals surface area (Å²) in [5, 5.41) is 7.77. The van der Waals surface area contributed by atoms with Gasteiger partial charge in [-0.3, -0.25) is 0 Å². The minimum absolute atomic E-state index is 0.324. The summed E-state index contributed by atoms with van der Waals surface area (Å²) in [5.74, 6) is 2.55. The minimum Gasteiger partial charge on any atom is -0.551 e.